The zero-order chi connectivity index (χ0) is 18.8. The second-order valence-electron chi connectivity index (χ2n) is 6.58. The van der Waals surface area contributed by atoms with Gasteiger partial charge in [0, 0.05) is 24.3 Å². The van der Waals surface area contributed by atoms with Crippen LogP contribution in [0.5, 0.6) is 0 Å². The molecule has 2 heterocycles. The number of amides is 1. The molecule has 3 aromatic rings. The van der Waals surface area contributed by atoms with Crippen molar-refractivity contribution in [3.63, 3.8) is 0 Å². The van der Waals surface area contributed by atoms with Crippen molar-refractivity contribution in [3.8, 4) is 11.4 Å². The Bertz CT molecular complexity index is 982. The average molecular weight is 379 g/mol. The van der Waals surface area contributed by atoms with Crippen LogP contribution in [0.2, 0.25) is 0 Å². The molecule has 4 rings (SSSR count). The molecule has 0 spiro atoms. The SMILES string of the molecule is CCn1c(SCC(=O)N2CCc3ccccc32)nnc1-c1ccccc1C. The van der Waals surface area contributed by atoms with Crippen LogP contribution in [0.1, 0.15) is 18.1 Å². The van der Waals surface area contributed by atoms with Crippen molar-refractivity contribution < 1.29 is 4.79 Å². The highest BCUT2D eigenvalue weighted by Gasteiger charge is 2.25. The summed E-state index contributed by atoms with van der Waals surface area (Å²) in [7, 11) is 0. The topological polar surface area (TPSA) is 51.0 Å². The molecule has 0 saturated carbocycles. The number of hydrogen-bond donors (Lipinski definition) is 0. The molecule has 1 aromatic heterocycles. The van der Waals surface area contributed by atoms with Gasteiger partial charge in [0.1, 0.15) is 0 Å². The van der Waals surface area contributed by atoms with Gasteiger partial charge >= 0.3 is 0 Å². The van der Waals surface area contributed by atoms with Gasteiger partial charge in [0.05, 0.1) is 5.75 Å². The van der Waals surface area contributed by atoms with E-state index in [2.05, 4.69) is 46.8 Å². The van der Waals surface area contributed by atoms with Gasteiger partial charge in [-0.3, -0.25) is 4.79 Å². The van der Waals surface area contributed by atoms with Gasteiger partial charge in [0.15, 0.2) is 11.0 Å². The molecule has 1 amide bonds. The Labute approximate surface area is 163 Å². The molecule has 1 aliphatic heterocycles. The fourth-order valence-electron chi connectivity index (χ4n) is 3.51. The number of aryl methyl sites for hydroxylation is 1. The molecule has 2 aromatic carbocycles. The molecular weight excluding hydrogens is 356 g/mol. The largest absolute Gasteiger partial charge is 0.311 e. The van der Waals surface area contributed by atoms with Crippen LogP contribution in [0.15, 0.2) is 53.7 Å². The van der Waals surface area contributed by atoms with Crippen molar-refractivity contribution in [2.75, 3.05) is 17.2 Å². The number of carbonyl (C=O) groups excluding carboxylic acids is 1. The first-order chi connectivity index (χ1) is 13.2. The van der Waals surface area contributed by atoms with Crippen molar-refractivity contribution in [1.82, 2.24) is 14.8 Å². The van der Waals surface area contributed by atoms with Gasteiger partial charge in [-0.2, -0.15) is 0 Å². The van der Waals surface area contributed by atoms with Crippen LogP contribution in [0.25, 0.3) is 11.4 Å². The van der Waals surface area contributed by atoms with E-state index in [9.17, 15) is 4.79 Å². The summed E-state index contributed by atoms with van der Waals surface area (Å²) >= 11 is 1.46. The minimum absolute atomic E-state index is 0.119. The van der Waals surface area contributed by atoms with Crippen LogP contribution in [-0.4, -0.2) is 33.0 Å². The minimum Gasteiger partial charge on any atom is -0.311 e. The Morgan fingerprint density at radius 2 is 1.89 bits per heavy atom. The molecule has 27 heavy (non-hydrogen) atoms. The van der Waals surface area contributed by atoms with E-state index in [1.54, 1.807) is 0 Å². The Balaban J connectivity index is 1.51. The van der Waals surface area contributed by atoms with Crippen molar-refractivity contribution >= 4 is 23.4 Å². The summed E-state index contributed by atoms with van der Waals surface area (Å²) in [6.45, 7) is 5.67. The number of thioether (sulfide) groups is 1. The second-order valence-corrected chi connectivity index (χ2v) is 7.52. The van der Waals surface area contributed by atoms with E-state index in [0.29, 0.717) is 5.75 Å². The highest BCUT2D eigenvalue weighted by Crippen LogP contribution is 2.30. The molecule has 0 unspecified atom stereocenters. The van der Waals surface area contributed by atoms with E-state index < -0.39 is 0 Å². The number of anilines is 1. The summed E-state index contributed by atoms with van der Waals surface area (Å²) in [6, 6.07) is 16.3. The summed E-state index contributed by atoms with van der Waals surface area (Å²) in [6.07, 6.45) is 0.926. The monoisotopic (exact) mass is 378 g/mol. The van der Waals surface area contributed by atoms with Crippen LogP contribution in [-0.2, 0) is 17.8 Å². The van der Waals surface area contributed by atoms with Crippen LogP contribution >= 0.6 is 11.8 Å². The molecule has 0 atom stereocenters. The maximum atomic E-state index is 12.8. The lowest BCUT2D eigenvalue weighted by atomic mass is 10.1. The molecule has 0 saturated heterocycles. The molecule has 0 aliphatic carbocycles. The summed E-state index contributed by atoms with van der Waals surface area (Å²) in [5, 5.41) is 9.54. The minimum atomic E-state index is 0.119. The molecular formula is C21H22N4OS. The first kappa shape index (κ1) is 17.8. The Hall–Kier alpha value is -2.60. The Morgan fingerprint density at radius 3 is 2.70 bits per heavy atom. The second kappa shape index (κ2) is 7.56. The van der Waals surface area contributed by atoms with E-state index in [1.165, 1.54) is 22.9 Å². The first-order valence-corrected chi connectivity index (χ1v) is 10.2. The maximum absolute atomic E-state index is 12.8. The molecule has 138 valence electrons. The zero-order valence-electron chi connectivity index (χ0n) is 15.6. The lowest BCUT2D eigenvalue weighted by Gasteiger charge is -2.17. The highest BCUT2D eigenvalue weighted by atomic mass is 32.2. The third-order valence-corrected chi connectivity index (χ3v) is 5.88. The number of nitrogens with zero attached hydrogens (tertiary/aromatic N) is 4. The van der Waals surface area contributed by atoms with Crippen LogP contribution in [0, 0.1) is 6.92 Å². The molecule has 6 heteroatoms. The van der Waals surface area contributed by atoms with Crippen molar-refractivity contribution in [2.45, 2.75) is 32.0 Å². The van der Waals surface area contributed by atoms with E-state index in [1.807, 2.05) is 35.2 Å². The lowest BCUT2D eigenvalue weighted by Crippen LogP contribution is -2.30. The van der Waals surface area contributed by atoms with Crippen molar-refractivity contribution in [2.24, 2.45) is 0 Å². The number of rotatable bonds is 5. The van der Waals surface area contributed by atoms with Gasteiger partial charge in [0.25, 0.3) is 0 Å². The van der Waals surface area contributed by atoms with E-state index in [4.69, 9.17) is 0 Å². The number of carbonyl (C=O) groups is 1. The molecule has 0 N–H and O–H groups in total. The van der Waals surface area contributed by atoms with Gasteiger partial charge in [0.2, 0.25) is 5.91 Å². The van der Waals surface area contributed by atoms with Gasteiger partial charge < -0.3 is 9.47 Å². The Kier molecular flexibility index (Phi) is 4.99. The fourth-order valence-corrected chi connectivity index (χ4v) is 4.38. The van der Waals surface area contributed by atoms with E-state index in [0.717, 1.165) is 41.7 Å². The lowest BCUT2D eigenvalue weighted by molar-refractivity contribution is -0.116. The number of fused-ring (bicyclic) bond motifs is 1. The number of para-hydroxylation sites is 1. The fraction of sp³-hybridized carbons (Fsp3) is 0.286. The normalized spacial score (nSPS) is 13.0. The molecule has 1 aliphatic rings. The summed E-state index contributed by atoms with van der Waals surface area (Å²) in [4.78, 5) is 14.6. The van der Waals surface area contributed by atoms with Crippen molar-refractivity contribution in [1.29, 1.82) is 0 Å². The Morgan fingerprint density at radius 1 is 1.11 bits per heavy atom. The molecule has 0 bridgehead atoms. The molecule has 0 radical (unpaired) electrons. The quantitative estimate of drug-likeness (QED) is 0.631. The van der Waals surface area contributed by atoms with Crippen LogP contribution in [0.4, 0.5) is 5.69 Å². The van der Waals surface area contributed by atoms with Crippen molar-refractivity contribution in [3.05, 3.63) is 59.7 Å². The van der Waals surface area contributed by atoms with Gasteiger partial charge in [-0.25, -0.2) is 0 Å². The van der Waals surface area contributed by atoms with Gasteiger partial charge in [-0.1, -0.05) is 54.2 Å². The summed E-state index contributed by atoms with van der Waals surface area (Å²) < 4.78 is 2.08. The third kappa shape index (κ3) is 3.37. The van der Waals surface area contributed by atoms with Gasteiger partial charge in [-0.05, 0) is 37.5 Å². The third-order valence-electron chi connectivity index (χ3n) is 4.93. The predicted octanol–water partition coefficient (Wildman–Crippen LogP) is 3.95. The van der Waals surface area contributed by atoms with E-state index in [-0.39, 0.29) is 5.91 Å². The first-order valence-electron chi connectivity index (χ1n) is 9.19. The zero-order valence-corrected chi connectivity index (χ0v) is 16.4. The smallest absolute Gasteiger partial charge is 0.237 e. The highest BCUT2D eigenvalue weighted by molar-refractivity contribution is 7.99. The summed E-state index contributed by atoms with van der Waals surface area (Å²) in [5.74, 6) is 1.34. The van der Waals surface area contributed by atoms with Crippen LogP contribution < -0.4 is 4.90 Å². The van der Waals surface area contributed by atoms with Gasteiger partial charge in [-0.15, -0.1) is 10.2 Å². The standard InChI is InChI=1S/C21H22N4OS/c1-3-24-20(17-10-6-4-8-15(17)2)22-23-21(24)27-14-19(26)25-13-12-16-9-5-7-11-18(16)25/h4-11H,3,12-14H2,1-2H3. The van der Waals surface area contributed by atoms with Crippen LogP contribution in [0.3, 0.4) is 0 Å². The average Bonchev–Trinajstić information content (AvgIpc) is 3.30. The van der Waals surface area contributed by atoms with E-state index >= 15 is 0 Å². The number of hydrogen-bond acceptors (Lipinski definition) is 4. The predicted molar refractivity (Wildman–Crippen MR) is 109 cm³/mol. The number of benzene rings is 2. The maximum Gasteiger partial charge on any atom is 0.237 e. The summed E-state index contributed by atoms with van der Waals surface area (Å²) in [5.41, 5.74) is 4.54. The number of aromatic nitrogens is 3. The molecule has 5 nitrogen and oxygen atoms in total. The molecule has 0 fully saturated rings.